The number of rotatable bonds is 2. The molecule has 0 saturated carbocycles. The van der Waals surface area contributed by atoms with Crippen LogP contribution < -0.4 is 0 Å². The van der Waals surface area contributed by atoms with E-state index in [-0.39, 0.29) is 12.2 Å². The lowest BCUT2D eigenvalue weighted by atomic mass is 9.86. The Bertz CT molecular complexity index is 468. The fraction of sp³-hybridized carbons (Fsp3) is 0.357. The summed E-state index contributed by atoms with van der Waals surface area (Å²) in [7, 11) is 0. The highest BCUT2D eigenvalue weighted by molar-refractivity contribution is 5.90. The van der Waals surface area contributed by atoms with Crippen LogP contribution >= 0.6 is 0 Å². The number of carbonyl (C=O) groups excluding carboxylic acids is 1. The fourth-order valence-corrected chi connectivity index (χ4v) is 2.01. The Kier molecular flexibility index (Phi) is 2.76. The number of likely N-dealkylation sites (tertiary alicyclic amines) is 1. The quantitative estimate of drug-likeness (QED) is 0.790. The second kappa shape index (κ2) is 3.90. The van der Waals surface area contributed by atoms with Gasteiger partial charge in [0, 0.05) is 5.70 Å². The Morgan fingerprint density at radius 1 is 1.22 bits per heavy atom. The zero-order valence-electron chi connectivity index (χ0n) is 10.4. The van der Waals surface area contributed by atoms with Gasteiger partial charge in [-0.25, -0.2) is 0 Å². The summed E-state index contributed by atoms with van der Waals surface area (Å²) in [5.74, 6) is -4.56. The highest BCUT2D eigenvalue weighted by atomic mass is 19.3. The predicted molar refractivity (Wildman–Crippen MR) is 64.9 cm³/mol. The smallest absolute Gasteiger partial charge is 0.306 e. The van der Waals surface area contributed by atoms with Gasteiger partial charge < -0.3 is 4.90 Å². The molecule has 0 aliphatic carbocycles. The van der Waals surface area contributed by atoms with Crippen LogP contribution in [0.15, 0.2) is 42.6 Å². The van der Waals surface area contributed by atoms with E-state index in [9.17, 15) is 13.6 Å². The van der Waals surface area contributed by atoms with Gasteiger partial charge in [0.15, 0.2) is 0 Å². The van der Waals surface area contributed by atoms with Crippen molar-refractivity contribution >= 4 is 5.91 Å². The first-order chi connectivity index (χ1) is 8.28. The maximum atomic E-state index is 13.9. The van der Waals surface area contributed by atoms with E-state index in [1.54, 1.807) is 12.1 Å². The van der Waals surface area contributed by atoms with Crippen molar-refractivity contribution < 1.29 is 13.6 Å². The Morgan fingerprint density at radius 3 is 2.22 bits per heavy atom. The van der Waals surface area contributed by atoms with E-state index < -0.39 is 17.2 Å². The maximum absolute atomic E-state index is 13.9. The largest absolute Gasteiger partial charge is 0.335 e. The zero-order chi connectivity index (χ0) is 13.6. The van der Waals surface area contributed by atoms with Gasteiger partial charge in [-0.1, -0.05) is 36.9 Å². The summed E-state index contributed by atoms with van der Waals surface area (Å²) in [4.78, 5) is 12.9. The molecule has 0 spiro atoms. The number of hydrogen-bond donors (Lipinski definition) is 0. The van der Waals surface area contributed by atoms with Gasteiger partial charge in [0.2, 0.25) is 0 Å². The number of allylic oxidation sites excluding steroid dienone is 1. The first-order valence-corrected chi connectivity index (χ1v) is 5.71. The van der Waals surface area contributed by atoms with Crippen LogP contribution in [0.4, 0.5) is 8.78 Å². The van der Waals surface area contributed by atoms with Crippen LogP contribution in [-0.4, -0.2) is 16.7 Å². The first-order valence-electron chi connectivity index (χ1n) is 5.71. The monoisotopic (exact) mass is 251 g/mol. The molecule has 1 aromatic carbocycles. The summed E-state index contributed by atoms with van der Waals surface area (Å²) in [5.41, 5.74) is -0.555. The molecule has 4 heteroatoms. The highest BCUT2D eigenvalue weighted by Crippen LogP contribution is 2.50. The topological polar surface area (TPSA) is 20.3 Å². The van der Waals surface area contributed by atoms with Crippen molar-refractivity contribution in [3.05, 3.63) is 48.2 Å². The number of alkyl halides is 2. The maximum Gasteiger partial charge on any atom is 0.335 e. The van der Waals surface area contributed by atoms with Gasteiger partial charge in [0.25, 0.3) is 5.91 Å². The molecule has 18 heavy (non-hydrogen) atoms. The molecule has 0 unspecified atom stereocenters. The van der Waals surface area contributed by atoms with Gasteiger partial charge in [0.1, 0.15) is 0 Å². The summed E-state index contributed by atoms with van der Waals surface area (Å²) in [5, 5.41) is 0. The summed E-state index contributed by atoms with van der Waals surface area (Å²) in [6.07, 6.45) is 0. The van der Waals surface area contributed by atoms with Crippen molar-refractivity contribution in [1.29, 1.82) is 0 Å². The lowest BCUT2D eigenvalue weighted by Crippen LogP contribution is -2.38. The molecule has 1 aromatic rings. The number of benzene rings is 1. The standard InChI is InChI=1S/C14H15F2NO/c1-10-13(2,3)14(15,16)12(18)17(10)9-11-7-5-4-6-8-11/h4-8H,1,9H2,2-3H3. The molecule has 0 radical (unpaired) electrons. The third-order valence-corrected chi connectivity index (χ3v) is 3.53. The van der Waals surface area contributed by atoms with Crippen LogP contribution in [-0.2, 0) is 11.3 Å². The summed E-state index contributed by atoms with van der Waals surface area (Å²) >= 11 is 0. The molecule has 0 N–H and O–H groups in total. The molecule has 1 amide bonds. The van der Waals surface area contributed by atoms with E-state index >= 15 is 0 Å². The van der Waals surface area contributed by atoms with Crippen molar-refractivity contribution in [3.63, 3.8) is 0 Å². The van der Waals surface area contributed by atoms with Gasteiger partial charge >= 0.3 is 5.92 Å². The molecule has 1 saturated heterocycles. The number of nitrogens with zero attached hydrogens (tertiary/aromatic N) is 1. The van der Waals surface area contributed by atoms with Crippen LogP contribution in [0.25, 0.3) is 0 Å². The Balaban J connectivity index is 2.31. The van der Waals surface area contributed by atoms with Gasteiger partial charge in [-0.15, -0.1) is 0 Å². The third-order valence-electron chi connectivity index (χ3n) is 3.53. The van der Waals surface area contributed by atoms with Gasteiger partial charge in [-0.3, -0.25) is 4.79 Å². The van der Waals surface area contributed by atoms with E-state index in [2.05, 4.69) is 6.58 Å². The Labute approximate surface area is 105 Å². The van der Waals surface area contributed by atoms with E-state index in [4.69, 9.17) is 0 Å². The molecule has 1 aliphatic heterocycles. The Morgan fingerprint density at radius 2 is 1.78 bits per heavy atom. The lowest BCUT2D eigenvalue weighted by Gasteiger charge is -2.24. The molecule has 2 nitrogen and oxygen atoms in total. The average molecular weight is 251 g/mol. The van der Waals surface area contributed by atoms with Gasteiger partial charge in [0.05, 0.1) is 12.0 Å². The first kappa shape index (κ1) is 12.7. The molecule has 1 aliphatic rings. The second-order valence-corrected chi connectivity index (χ2v) is 5.02. The Hall–Kier alpha value is -1.71. The normalized spacial score (nSPS) is 21.4. The minimum Gasteiger partial charge on any atom is -0.306 e. The highest BCUT2D eigenvalue weighted by Gasteiger charge is 2.63. The molecule has 0 bridgehead atoms. The van der Waals surface area contributed by atoms with Crippen LogP contribution in [0.5, 0.6) is 0 Å². The van der Waals surface area contributed by atoms with E-state index in [1.807, 2.05) is 18.2 Å². The van der Waals surface area contributed by atoms with Crippen molar-refractivity contribution in [2.45, 2.75) is 26.3 Å². The molecule has 0 aromatic heterocycles. The SMILES string of the molecule is C=C1N(Cc2ccccc2)C(=O)C(F)(F)C1(C)C. The second-order valence-electron chi connectivity index (χ2n) is 5.02. The van der Waals surface area contributed by atoms with E-state index in [1.165, 1.54) is 13.8 Å². The molecule has 1 heterocycles. The average Bonchev–Trinajstić information content (AvgIpc) is 2.44. The summed E-state index contributed by atoms with van der Waals surface area (Å²) in [6.45, 7) is 6.48. The molecule has 2 rings (SSSR count). The van der Waals surface area contributed by atoms with E-state index in [0.29, 0.717) is 0 Å². The minimum atomic E-state index is -3.39. The summed E-state index contributed by atoms with van der Waals surface area (Å²) in [6, 6.07) is 9.04. The number of amides is 1. The van der Waals surface area contributed by atoms with Gasteiger partial charge in [-0.05, 0) is 19.4 Å². The van der Waals surface area contributed by atoms with Crippen LogP contribution in [0.2, 0.25) is 0 Å². The fourth-order valence-electron chi connectivity index (χ4n) is 2.01. The van der Waals surface area contributed by atoms with Crippen molar-refractivity contribution in [1.82, 2.24) is 4.90 Å². The molecule has 1 fully saturated rings. The van der Waals surface area contributed by atoms with Gasteiger partial charge in [-0.2, -0.15) is 8.78 Å². The predicted octanol–water partition coefficient (Wildman–Crippen LogP) is 3.20. The van der Waals surface area contributed by atoms with Crippen molar-refractivity contribution in [2.24, 2.45) is 5.41 Å². The number of carbonyl (C=O) groups is 1. The third kappa shape index (κ3) is 1.64. The van der Waals surface area contributed by atoms with Crippen LogP contribution in [0.1, 0.15) is 19.4 Å². The molecule has 0 atom stereocenters. The van der Waals surface area contributed by atoms with E-state index in [0.717, 1.165) is 10.5 Å². The number of hydrogen-bond acceptors (Lipinski definition) is 1. The van der Waals surface area contributed by atoms with Crippen molar-refractivity contribution in [2.75, 3.05) is 0 Å². The lowest BCUT2D eigenvalue weighted by molar-refractivity contribution is -0.156. The molecular weight excluding hydrogens is 236 g/mol. The minimum absolute atomic E-state index is 0.136. The van der Waals surface area contributed by atoms with Crippen LogP contribution in [0.3, 0.4) is 0 Å². The number of halogens is 2. The summed E-state index contributed by atoms with van der Waals surface area (Å²) < 4.78 is 27.7. The molecular formula is C14H15F2NO. The molecule has 96 valence electrons. The zero-order valence-corrected chi connectivity index (χ0v) is 10.4. The van der Waals surface area contributed by atoms with Crippen molar-refractivity contribution in [3.8, 4) is 0 Å². The van der Waals surface area contributed by atoms with Crippen LogP contribution in [0, 0.1) is 5.41 Å².